The van der Waals surface area contributed by atoms with E-state index in [1.807, 2.05) is 26.0 Å². The highest BCUT2D eigenvalue weighted by atomic mass is 32.1. The Morgan fingerprint density at radius 3 is 2.54 bits per heavy atom. The molecule has 0 aliphatic rings. The van der Waals surface area contributed by atoms with Gasteiger partial charge in [0.15, 0.2) is 17.5 Å². The molecule has 0 amide bonds. The number of aryl methyl sites for hydroxylation is 3. The molecule has 0 atom stereocenters. The van der Waals surface area contributed by atoms with Crippen LogP contribution < -0.4 is 20.1 Å². The van der Waals surface area contributed by atoms with Crippen molar-refractivity contribution in [3.8, 4) is 11.5 Å². The zero-order chi connectivity index (χ0) is 18.9. The van der Waals surface area contributed by atoms with Gasteiger partial charge in [-0.15, -0.1) is 11.3 Å². The SMILES string of the molecule is CN=C(NCCCc1ccc(OC)c(OC)c1)NCc1sc(C)nc1C. The molecule has 1 heterocycles. The van der Waals surface area contributed by atoms with E-state index >= 15 is 0 Å². The number of methoxy groups -OCH3 is 2. The van der Waals surface area contributed by atoms with Gasteiger partial charge in [-0.05, 0) is 44.4 Å². The largest absolute Gasteiger partial charge is 0.493 e. The van der Waals surface area contributed by atoms with Gasteiger partial charge in [-0.1, -0.05) is 6.07 Å². The third-order valence-electron chi connectivity index (χ3n) is 4.02. The summed E-state index contributed by atoms with van der Waals surface area (Å²) in [6.07, 6.45) is 1.95. The van der Waals surface area contributed by atoms with Gasteiger partial charge in [0.05, 0.1) is 31.5 Å². The topological polar surface area (TPSA) is 67.8 Å². The quantitative estimate of drug-likeness (QED) is 0.421. The van der Waals surface area contributed by atoms with E-state index in [-0.39, 0.29) is 0 Å². The van der Waals surface area contributed by atoms with Crippen LogP contribution in [0.4, 0.5) is 0 Å². The molecule has 0 bridgehead atoms. The number of nitrogens with zero attached hydrogens (tertiary/aromatic N) is 2. The molecule has 2 aromatic rings. The second-order valence-electron chi connectivity index (χ2n) is 5.89. The number of benzene rings is 1. The number of rotatable bonds is 8. The van der Waals surface area contributed by atoms with E-state index in [0.29, 0.717) is 0 Å². The van der Waals surface area contributed by atoms with E-state index in [2.05, 4.69) is 26.7 Å². The molecular weight excluding hydrogens is 348 g/mol. The first-order valence-electron chi connectivity index (χ1n) is 8.65. The van der Waals surface area contributed by atoms with Gasteiger partial charge in [0.25, 0.3) is 0 Å². The fourth-order valence-electron chi connectivity index (χ4n) is 2.66. The summed E-state index contributed by atoms with van der Waals surface area (Å²) in [7, 11) is 5.09. The highest BCUT2D eigenvalue weighted by Crippen LogP contribution is 2.27. The van der Waals surface area contributed by atoms with Crippen LogP contribution in [0.2, 0.25) is 0 Å². The standard InChI is InChI=1S/C19H28N4O2S/c1-13-18(26-14(2)23-13)12-22-19(20-3)21-10-6-7-15-8-9-16(24-4)17(11-15)25-5/h8-9,11H,6-7,10,12H2,1-5H3,(H2,20,21,22). The molecule has 0 saturated carbocycles. The van der Waals surface area contributed by atoms with Crippen molar-refractivity contribution in [2.45, 2.75) is 33.2 Å². The first-order chi connectivity index (χ1) is 12.6. The molecule has 0 aliphatic heterocycles. The molecule has 26 heavy (non-hydrogen) atoms. The molecule has 1 aromatic heterocycles. The van der Waals surface area contributed by atoms with Crippen molar-refractivity contribution in [1.29, 1.82) is 0 Å². The Bertz CT molecular complexity index is 743. The fourth-order valence-corrected chi connectivity index (χ4v) is 3.53. The van der Waals surface area contributed by atoms with Crippen molar-refractivity contribution < 1.29 is 9.47 Å². The van der Waals surface area contributed by atoms with Gasteiger partial charge in [0.1, 0.15) is 0 Å². The number of thiazole rings is 1. The third-order valence-corrected chi connectivity index (χ3v) is 5.10. The molecule has 0 saturated heterocycles. The van der Waals surface area contributed by atoms with Crippen molar-refractivity contribution in [2.24, 2.45) is 4.99 Å². The number of aliphatic imine (C=N–C) groups is 1. The van der Waals surface area contributed by atoms with Crippen LogP contribution in [0.15, 0.2) is 23.2 Å². The van der Waals surface area contributed by atoms with E-state index < -0.39 is 0 Å². The van der Waals surface area contributed by atoms with Crippen LogP contribution in [0.25, 0.3) is 0 Å². The molecule has 1 aromatic carbocycles. The number of ether oxygens (including phenoxy) is 2. The summed E-state index contributed by atoms with van der Waals surface area (Å²) in [5.74, 6) is 2.33. The van der Waals surface area contributed by atoms with Crippen LogP contribution in [0, 0.1) is 13.8 Å². The molecule has 0 fully saturated rings. The van der Waals surface area contributed by atoms with Crippen LogP contribution >= 0.6 is 11.3 Å². The van der Waals surface area contributed by atoms with Crippen molar-refractivity contribution in [3.63, 3.8) is 0 Å². The predicted octanol–water partition coefficient (Wildman–Crippen LogP) is 3.07. The molecule has 6 nitrogen and oxygen atoms in total. The molecule has 0 unspecified atom stereocenters. The van der Waals surface area contributed by atoms with Crippen molar-refractivity contribution in [3.05, 3.63) is 39.3 Å². The summed E-state index contributed by atoms with van der Waals surface area (Å²) in [6, 6.07) is 6.05. The number of hydrogen-bond acceptors (Lipinski definition) is 5. The van der Waals surface area contributed by atoms with Crippen molar-refractivity contribution >= 4 is 17.3 Å². The summed E-state index contributed by atoms with van der Waals surface area (Å²) in [6.45, 7) is 5.66. The van der Waals surface area contributed by atoms with E-state index in [1.54, 1.807) is 32.6 Å². The molecule has 2 rings (SSSR count). The van der Waals surface area contributed by atoms with Gasteiger partial charge in [0, 0.05) is 18.5 Å². The van der Waals surface area contributed by atoms with Gasteiger partial charge in [-0.3, -0.25) is 4.99 Å². The maximum Gasteiger partial charge on any atom is 0.191 e. The number of hydrogen-bond donors (Lipinski definition) is 2. The molecular formula is C19H28N4O2S. The molecule has 2 N–H and O–H groups in total. The lowest BCUT2D eigenvalue weighted by Crippen LogP contribution is -2.37. The zero-order valence-corrected chi connectivity index (χ0v) is 17.0. The minimum Gasteiger partial charge on any atom is -0.493 e. The smallest absolute Gasteiger partial charge is 0.191 e. The highest BCUT2D eigenvalue weighted by molar-refractivity contribution is 7.11. The first-order valence-corrected chi connectivity index (χ1v) is 9.47. The Balaban J connectivity index is 1.76. The monoisotopic (exact) mass is 376 g/mol. The van der Waals surface area contributed by atoms with Crippen LogP contribution in [0.3, 0.4) is 0 Å². The summed E-state index contributed by atoms with van der Waals surface area (Å²) in [5.41, 5.74) is 2.31. The lowest BCUT2D eigenvalue weighted by molar-refractivity contribution is 0.354. The number of guanidine groups is 1. The second kappa shape index (κ2) is 10.0. The van der Waals surface area contributed by atoms with E-state index in [9.17, 15) is 0 Å². The molecule has 142 valence electrons. The van der Waals surface area contributed by atoms with Gasteiger partial charge in [-0.2, -0.15) is 0 Å². The van der Waals surface area contributed by atoms with Crippen LogP contribution in [0.5, 0.6) is 11.5 Å². The van der Waals surface area contributed by atoms with Gasteiger partial charge < -0.3 is 20.1 Å². The van der Waals surface area contributed by atoms with Crippen LogP contribution in [0.1, 0.15) is 27.6 Å². The van der Waals surface area contributed by atoms with Gasteiger partial charge >= 0.3 is 0 Å². The lowest BCUT2D eigenvalue weighted by Gasteiger charge is -2.12. The van der Waals surface area contributed by atoms with Crippen molar-refractivity contribution in [1.82, 2.24) is 15.6 Å². The van der Waals surface area contributed by atoms with E-state index in [0.717, 1.165) is 54.1 Å². The van der Waals surface area contributed by atoms with E-state index in [4.69, 9.17) is 9.47 Å². The summed E-state index contributed by atoms with van der Waals surface area (Å²) in [5, 5.41) is 7.79. The Labute approximate surface area is 159 Å². The Morgan fingerprint density at radius 1 is 1.15 bits per heavy atom. The summed E-state index contributed by atoms with van der Waals surface area (Å²) in [4.78, 5) is 9.97. The second-order valence-corrected chi connectivity index (χ2v) is 7.17. The summed E-state index contributed by atoms with van der Waals surface area (Å²) < 4.78 is 10.6. The zero-order valence-electron chi connectivity index (χ0n) is 16.2. The highest BCUT2D eigenvalue weighted by Gasteiger charge is 2.06. The average Bonchev–Trinajstić information content (AvgIpc) is 2.98. The third kappa shape index (κ3) is 5.62. The molecule has 0 spiro atoms. The number of aromatic nitrogens is 1. The van der Waals surface area contributed by atoms with Crippen LogP contribution in [-0.4, -0.2) is 38.8 Å². The van der Waals surface area contributed by atoms with E-state index in [1.165, 1.54) is 10.4 Å². The fraction of sp³-hybridized carbons (Fsp3) is 0.474. The summed E-state index contributed by atoms with van der Waals surface area (Å²) >= 11 is 1.72. The Morgan fingerprint density at radius 2 is 1.92 bits per heavy atom. The van der Waals surface area contributed by atoms with Gasteiger partial charge in [0.2, 0.25) is 0 Å². The number of nitrogens with one attached hydrogen (secondary N) is 2. The first kappa shape index (κ1) is 20.0. The van der Waals surface area contributed by atoms with Crippen molar-refractivity contribution in [2.75, 3.05) is 27.8 Å². The maximum atomic E-state index is 5.35. The Kier molecular flexibility index (Phi) is 7.72. The maximum absolute atomic E-state index is 5.35. The van der Waals surface area contributed by atoms with Crippen LogP contribution in [-0.2, 0) is 13.0 Å². The average molecular weight is 377 g/mol. The predicted molar refractivity (Wildman–Crippen MR) is 108 cm³/mol. The Hall–Kier alpha value is -2.28. The minimum absolute atomic E-state index is 0.743. The van der Waals surface area contributed by atoms with Gasteiger partial charge in [-0.25, -0.2) is 4.98 Å². The molecule has 0 radical (unpaired) electrons. The lowest BCUT2D eigenvalue weighted by atomic mass is 10.1. The molecule has 0 aliphatic carbocycles. The molecule has 7 heteroatoms. The normalized spacial score (nSPS) is 11.3. The minimum atomic E-state index is 0.743.